The molecule has 2 aliphatic heterocycles. The lowest BCUT2D eigenvalue weighted by molar-refractivity contribution is -0.119. The summed E-state index contributed by atoms with van der Waals surface area (Å²) >= 11 is 0. The lowest BCUT2D eigenvalue weighted by Gasteiger charge is -2.32. The molecule has 8 nitrogen and oxygen atoms in total. The van der Waals surface area contributed by atoms with E-state index in [2.05, 4.69) is 22.2 Å². The van der Waals surface area contributed by atoms with Crippen LogP contribution in [0.5, 0.6) is 0 Å². The van der Waals surface area contributed by atoms with Gasteiger partial charge in [0.25, 0.3) is 5.91 Å². The fraction of sp³-hybridized carbons (Fsp3) is 0.281. The zero-order valence-electron chi connectivity index (χ0n) is 25.9. The van der Waals surface area contributed by atoms with E-state index in [4.69, 9.17) is 8.85 Å². The van der Waals surface area contributed by atoms with Crippen LogP contribution in [0.25, 0.3) is 11.1 Å². The van der Waals surface area contributed by atoms with Crippen LogP contribution in [-0.2, 0) is 20.7 Å². The molecule has 5 rings (SSSR count). The topological polar surface area (TPSA) is 82.2 Å². The van der Waals surface area contributed by atoms with E-state index < -0.39 is 17.9 Å². The summed E-state index contributed by atoms with van der Waals surface area (Å²) in [6.45, 7) is 3.95. The third-order valence-corrected chi connectivity index (χ3v) is 7.38. The monoisotopic (exact) mass is 541 g/mol. The maximum Gasteiger partial charge on any atom is 0.337 e. The molecule has 0 radical (unpaired) electrons. The Labute approximate surface area is 239 Å². The SMILES string of the molecule is [2H]c1c([2H])c2c(c([2H])c1C(=O)OC)NC(=O)/C2=C(\Cc1ccc(N(C)C(=O)CN2CCN(C)CC2)cc1)c1ccccc1. The second-order valence-corrected chi connectivity index (χ2v) is 10.0. The number of methoxy groups -OCH3 is 1. The van der Waals surface area contributed by atoms with Crippen molar-refractivity contribution in [3.63, 3.8) is 0 Å². The van der Waals surface area contributed by atoms with Gasteiger partial charge in [-0.2, -0.15) is 0 Å². The highest BCUT2D eigenvalue weighted by Crippen LogP contribution is 2.39. The number of hydrogen-bond donors (Lipinski definition) is 1. The first kappa shape index (κ1) is 23.6. The first-order valence-electron chi connectivity index (χ1n) is 14.7. The molecule has 40 heavy (non-hydrogen) atoms. The van der Waals surface area contributed by atoms with Crippen LogP contribution in [0, 0.1) is 0 Å². The number of likely N-dealkylation sites (N-methyl/N-ethyl adjacent to an activating group) is 2. The van der Waals surface area contributed by atoms with Crippen molar-refractivity contribution in [2.75, 3.05) is 64.1 Å². The van der Waals surface area contributed by atoms with Crippen molar-refractivity contribution >= 4 is 40.3 Å². The second-order valence-electron chi connectivity index (χ2n) is 10.0. The number of esters is 1. The third kappa shape index (κ3) is 5.83. The van der Waals surface area contributed by atoms with Gasteiger partial charge in [-0.15, -0.1) is 0 Å². The minimum Gasteiger partial charge on any atom is -0.465 e. The van der Waals surface area contributed by atoms with Gasteiger partial charge in [0.2, 0.25) is 5.91 Å². The Morgan fingerprint density at radius 2 is 1.70 bits per heavy atom. The number of rotatable bonds is 7. The summed E-state index contributed by atoms with van der Waals surface area (Å²) in [5.74, 6) is -1.41. The van der Waals surface area contributed by atoms with E-state index >= 15 is 0 Å². The molecule has 1 N–H and O–H groups in total. The Morgan fingerprint density at radius 3 is 2.38 bits per heavy atom. The summed E-state index contributed by atoms with van der Waals surface area (Å²) in [4.78, 5) is 44.8. The van der Waals surface area contributed by atoms with Crippen LogP contribution < -0.4 is 10.2 Å². The minimum atomic E-state index is -0.909. The highest BCUT2D eigenvalue weighted by Gasteiger charge is 2.29. The summed E-state index contributed by atoms with van der Waals surface area (Å²) in [7, 11) is 4.98. The van der Waals surface area contributed by atoms with Crippen LogP contribution >= 0.6 is 0 Å². The maximum absolute atomic E-state index is 13.4. The molecule has 1 fully saturated rings. The molecular weight excluding hydrogens is 504 g/mol. The molecule has 0 atom stereocenters. The second kappa shape index (κ2) is 11.9. The molecule has 1 saturated heterocycles. The molecule has 3 aromatic carbocycles. The molecule has 8 heteroatoms. The Balaban J connectivity index is 1.48. The highest BCUT2D eigenvalue weighted by molar-refractivity contribution is 6.37. The first-order chi connectivity index (χ1) is 20.6. The summed E-state index contributed by atoms with van der Waals surface area (Å²) in [5, 5.41) is 2.67. The quantitative estimate of drug-likeness (QED) is 0.362. The molecule has 0 aromatic heterocycles. The average Bonchev–Trinajstić information content (AvgIpc) is 3.37. The fourth-order valence-corrected chi connectivity index (χ4v) is 4.93. The number of carbonyl (C=O) groups is 3. The molecule has 0 saturated carbocycles. The van der Waals surface area contributed by atoms with Gasteiger partial charge in [-0.3, -0.25) is 14.5 Å². The van der Waals surface area contributed by atoms with Gasteiger partial charge < -0.3 is 19.9 Å². The molecule has 0 aliphatic carbocycles. The largest absolute Gasteiger partial charge is 0.465 e. The van der Waals surface area contributed by atoms with Gasteiger partial charge in [0.05, 0.1) is 28.9 Å². The molecule has 206 valence electrons. The number of nitrogens with one attached hydrogen (secondary N) is 1. The van der Waals surface area contributed by atoms with Crippen molar-refractivity contribution in [2.45, 2.75) is 6.42 Å². The number of benzene rings is 3. The van der Waals surface area contributed by atoms with E-state index in [0.717, 1.165) is 50.1 Å². The molecule has 2 heterocycles. The standard InChI is InChI=1S/C32H34N4O4/c1-34-15-17-36(18-16-34)21-29(37)35(2)25-12-9-22(10-13-25)19-27(23-7-5-4-6-8-23)30-26-14-11-24(32(39)40-3)20-28(26)33-31(30)38/h4-14,20H,15-19,21H2,1-3H3,(H,33,38)/b30-27+/i11D,14D,20D. The van der Waals surface area contributed by atoms with Crippen LogP contribution in [0.15, 0.2) is 72.7 Å². The van der Waals surface area contributed by atoms with E-state index in [-0.39, 0.29) is 40.4 Å². The molecule has 0 unspecified atom stereocenters. The number of amides is 2. The van der Waals surface area contributed by atoms with Gasteiger partial charge in [-0.05, 0) is 54.4 Å². The minimum absolute atomic E-state index is 0.00956. The number of nitrogens with zero attached hydrogens (tertiary/aromatic N) is 3. The molecule has 2 amide bonds. The van der Waals surface area contributed by atoms with Gasteiger partial charge in [-0.1, -0.05) is 48.5 Å². The number of piperazine rings is 1. The van der Waals surface area contributed by atoms with Gasteiger partial charge in [0.1, 0.15) is 0 Å². The number of allylic oxidation sites excluding steroid dienone is 1. The maximum atomic E-state index is 13.4. The first-order valence-corrected chi connectivity index (χ1v) is 13.2. The van der Waals surface area contributed by atoms with Crippen molar-refractivity contribution < 1.29 is 23.2 Å². The van der Waals surface area contributed by atoms with E-state index in [1.165, 1.54) is 0 Å². The number of hydrogen-bond acceptors (Lipinski definition) is 6. The molecule has 3 aromatic rings. The Kier molecular flexibility index (Phi) is 7.00. The zero-order valence-corrected chi connectivity index (χ0v) is 22.9. The molecule has 2 aliphatic rings. The number of fused-ring (bicyclic) bond motifs is 1. The normalized spacial score (nSPS) is 17.8. The van der Waals surface area contributed by atoms with Crippen LogP contribution in [-0.4, -0.2) is 81.5 Å². The Hall–Kier alpha value is -4.27. The number of carbonyl (C=O) groups excluding carboxylic acids is 3. The van der Waals surface area contributed by atoms with E-state index in [1.807, 2.05) is 54.6 Å². The van der Waals surface area contributed by atoms with E-state index in [0.29, 0.717) is 18.5 Å². The van der Waals surface area contributed by atoms with Crippen molar-refractivity contribution in [2.24, 2.45) is 0 Å². The molecule has 0 spiro atoms. The van der Waals surface area contributed by atoms with Crippen molar-refractivity contribution in [1.82, 2.24) is 9.80 Å². The summed E-state index contributed by atoms with van der Waals surface area (Å²) in [5.41, 5.74) is 2.95. The fourth-order valence-electron chi connectivity index (χ4n) is 4.93. The average molecular weight is 542 g/mol. The van der Waals surface area contributed by atoms with E-state index in [9.17, 15) is 14.4 Å². The molecular formula is C32H34N4O4. The van der Waals surface area contributed by atoms with Crippen molar-refractivity contribution in [1.29, 1.82) is 0 Å². The van der Waals surface area contributed by atoms with Gasteiger partial charge >= 0.3 is 5.97 Å². The third-order valence-electron chi connectivity index (χ3n) is 7.38. The van der Waals surface area contributed by atoms with Gasteiger partial charge in [0.15, 0.2) is 0 Å². The van der Waals surface area contributed by atoms with Crippen molar-refractivity contribution in [3.05, 3.63) is 95.0 Å². The lowest BCUT2D eigenvalue weighted by atomic mass is 9.90. The molecule has 0 bridgehead atoms. The predicted octanol–water partition coefficient (Wildman–Crippen LogP) is 3.79. The smallest absolute Gasteiger partial charge is 0.337 e. The summed E-state index contributed by atoms with van der Waals surface area (Å²) < 4.78 is 30.4. The van der Waals surface area contributed by atoms with Crippen LogP contribution in [0.3, 0.4) is 0 Å². The Morgan fingerprint density at radius 1 is 1.00 bits per heavy atom. The lowest BCUT2D eigenvalue weighted by Crippen LogP contribution is -2.48. The van der Waals surface area contributed by atoms with Crippen LogP contribution in [0.2, 0.25) is 0 Å². The van der Waals surface area contributed by atoms with Gasteiger partial charge in [0, 0.05) is 50.2 Å². The van der Waals surface area contributed by atoms with Crippen molar-refractivity contribution in [3.8, 4) is 0 Å². The van der Waals surface area contributed by atoms with E-state index in [1.54, 1.807) is 11.9 Å². The summed E-state index contributed by atoms with van der Waals surface area (Å²) in [6, 6.07) is 15.7. The summed E-state index contributed by atoms with van der Waals surface area (Å²) in [6.07, 6.45) is 0.310. The number of anilines is 2. The Bertz CT molecular complexity index is 1600. The zero-order chi connectivity index (χ0) is 30.8. The van der Waals surface area contributed by atoms with Gasteiger partial charge in [-0.25, -0.2) is 4.79 Å². The predicted molar refractivity (Wildman–Crippen MR) is 157 cm³/mol. The number of ether oxygens (including phenoxy) is 1. The highest BCUT2D eigenvalue weighted by atomic mass is 16.5. The van der Waals surface area contributed by atoms with Crippen LogP contribution in [0.1, 0.15) is 31.2 Å². The van der Waals surface area contributed by atoms with Crippen LogP contribution in [0.4, 0.5) is 11.4 Å².